The first-order valence-corrected chi connectivity index (χ1v) is 5.91. The molecule has 5 nitrogen and oxygen atoms in total. The van der Waals surface area contributed by atoms with Gasteiger partial charge in [0.1, 0.15) is 5.84 Å². The topological polar surface area (TPSA) is 82.2 Å². The Labute approximate surface area is 96.9 Å². The van der Waals surface area contributed by atoms with E-state index >= 15 is 0 Å². The van der Waals surface area contributed by atoms with Crippen molar-refractivity contribution in [2.24, 2.45) is 11.7 Å². The van der Waals surface area contributed by atoms with Crippen LogP contribution in [0.5, 0.6) is 0 Å². The number of amides is 2. The first-order chi connectivity index (χ1) is 7.52. The number of carbonyl (C=O) groups is 1. The lowest BCUT2D eigenvalue weighted by molar-refractivity contribution is 0.183. The average Bonchev–Trinajstić information content (AvgIpc) is 2.25. The smallest absolute Gasteiger partial charge is 0.317 e. The number of nitrogens with zero attached hydrogens (tertiary/aromatic N) is 1. The molecular weight excluding hydrogens is 204 g/mol. The van der Waals surface area contributed by atoms with E-state index in [1.807, 2.05) is 18.7 Å². The maximum atomic E-state index is 11.9. The highest BCUT2D eigenvalue weighted by atomic mass is 16.2. The summed E-state index contributed by atoms with van der Waals surface area (Å²) in [5.74, 6) is 0.173. The van der Waals surface area contributed by atoms with Crippen molar-refractivity contribution in [2.75, 3.05) is 13.1 Å². The van der Waals surface area contributed by atoms with E-state index in [1.165, 1.54) is 6.42 Å². The van der Waals surface area contributed by atoms with Crippen LogP contribution in [0.4, 0.5) is 4.79 Å². The largest absolute Gasteiger partial charge is 0.386 e. The molecule has 4 N–H and O–H groups in total. The van der Waals surface area contributed by atoms with Crippen molar-refractivity contribution >= 4 is 11.9 Å². The summed E-state index contributed by atoms with van der Waals surface area (Å²) in [5.41, 5.74) is 5.47. The quantitative estimate of drug-likeness (QED) is 0.498. The van der Waals surface area contributed by atoms with E-state index in [2.05, 4.69) is 5.32 Å². The fourth-order valence-electron chi connectivity index (χ4n) is 1.92. The second kappa shape index (κ2) is 5.72. The third-order valence-electron chi connectivity index (χ3n) is 2.92. The van der Waals surface area contributed by atoms with Gasteiger partial charge in [-0.1, -0.05) is 13.8 Å². The van der Waals surface area contributed by atoms with E-state index in [4.69, 9.17) is 11.1 Å². The molecule has 1 atom stereocenters. The Morgan fingerprint density at radius 3 is 2.31 bits per heavy atom. The highest BCUT2D eigenvalue weighted by Gasteiger charge is 2.23. The molecule has 0 aliphatic carbocycles. The Bertz CT molecular complexity index is 259. The zero-order chi connectivity index (χ0) is 12.1. The summed E-state index contributed by atoms with van der Waals surface area (Å²) in [6.45, 7) is 5.52. The summed E-state index contributed by atoms with van der Waals surface area (Å²) in [5, 5.41) is 10.3. The number of likely N-dealkylation sites (tertiary alicyclic amines) is 1. The third kappa shape index (κ3) is 3.40. The lowest BCUT2D eigenvalue weighted by Crippen LogP contribution is -2.52. The lowest BCUT2D eigenvalue weighted by atomic mass is 10.0. The molecular formula is C11H22N4O. The maximum Gasteiger partial charge on any atom is 0.317 e. The summed E-state index contributed by atoms with van der Waals surface area (Å²) in [7, 11) is 0. The van der Waals surface area contributed by atoms with E-state index in [1.54, 1.807) is 0 Å². The second-order valence-electron chi connectivity index (χ2n) is 4.67. The van der Waals surface area contributed by atoms with Gasteiger partial charge in [0.05, 0.1) is 6.04 Å². The molecule has 1 aliphatic rings. The molecule has 1 fully saturated rings. The molecule has 0 aromatic rings. The van der Waals surface area contributed by atoms with Crippen LogP contribution in [0.15, 0.2) is 0 Å². The minimum Gasteiger partial charge on any atom is -0.386 e. The van der Waals surface area contributed by atoms with Crippen molar-refractivity contribution < 1.29 is 4.79 Å². The summed E-state index contributed by atoms with van der Waals surface area (Å²) in [4.78, 5) is 13.7. The number of hydrogen-bond acceptors (Lipinski definition) is 2. The van der Waals surface area contributed by atoms with Crippen molar-refractivity contribution in [3.05, 3.63) is 0 Å². The molecule has 0 saturated carbocycles. The Kier molecular flexibility index (Phi) is 4.58. The van der Waals surface area contributed by atoms with Gasteiger partial charge in [-0.3, -0.25) is 5.41 Å². The highest BCUT2D eigenvalue weighted by Crippen LogP contribution is 2.09. The number of carbonyl (C=O) groups excluding carboxylic acids is 1. The molecule has 0 spiro atoms. The number of nitrogens with one attached hydrogen (secondary N) is 2. The molecule has 92 valence electrons. The van der Waals surface area contributed by atoms with Gasteiger partial charge in [-0.2, -0.15) is 0 Å². The van der Waals surface area contributed by atoms with Gasteiger partial charge < -0.3 is 16.0 Å². The molecule has 1 heterocycles. The van der Waals surface area contributed by atoms with E-state index in [-0.39, 0.29) is 23.8 Å². The maximum absolute atomic E-state index is 11.9. The second-order valence-corrected chi connectivity index (χ2v) is 4.67. The Morgan fingerprint density at radius 1 is 1.31 bits per heavy atom. The average molecular weight is 226 g/mol. The summed E-state index contributed by atoms with van der Waals surface area (Å²) < 4.78 is 0. The van der Waals surface area contributed by atoms with Crippen LogP contribution in [0, 0.1) is 11.3 Å². The standard InChI is InChI=1S/C11H22N4O/c1-8(2)9(10(12)13)14-11(16)15-6-4-3-5-7-15/h8-9H,3-7H2,1-2H3,(H3,12,13)(H,14,16). The monoisotopic (exact) mass is 226 g/mol. The highest BCUT2D eigenvalue weighted by molar-refractivity contribution is 5.87. The number of piperidine rings is 1. The third-order valence-corrected chi connectivity index (χ3v) is 2.92. The van der Waals surface area contributed by atoms with E-state index in [0.717, 1.165) is 25.9 Å². The van der Waals surface area contributed by atoms with Crippen LogP contribution >= 0.6 is 0 Å². The van der Waals surface area contributed by atoms with E-state index in [0.29, 0.717) is 0 Å². The fraction of sp³-hybridized carbons (Fsp3) is 0.818. The zero-order valence-electron chi connectivity index (χ0n) is 10.1. The Hall–Kier alpha value is -1.26. The SMILES string of the molecule is CC(C)C(NC(=O)N1CCCCC1)C(=N)N. The molecule has 0 radical (unpaired) electrons. The summed E-state index contributed by atoms with van der Waals surface area (Å²) >= 11 is 0. The van der Waals surface area contributed by atoms with Gasteiger partial charge >= 0.3 is 6.03 Å². The first kappa shape index (κ1) is 12.8. The normalized spacial score (nSPS) is 18.3. The van der Waals surface area contributed by atoms with E-state index in [9.17, 15) is 4.79 Å². The molecule has 5 heteroatoms. The van der Waals surface area contributed by atoms with Gasteiger partial charge in [-0.05, 0) is 25.2 Å². The zero-order valence-corrected chi connectivity index (χ0v) is 10.1. The van der Waals surface area contributed by atoms with Gasteiger partial charge in [-0.15, -0.1) is 0 Å². The van der Waals surface area contributed by atoms with Gasteiger partial charge in [0, 0.05) is 13.1 Å². The molecule has 1 rings (SSSR count). The molecule has 1 saturated heterocycles. The Morgan fingerprint density at radius 2 is 1.88 bits per heavy atom. The van der Waals surface area contributed by atoms with Crippen molar-refractivity contribution in [1.82, 2.24) is 10.2 Å². The van der Waals surface area contributed by atoms with Crippen LogP contribution in [0.25, 0.3) is 0 Å². The van der Waals surface area contributed by atoms with Crippen LogP contribution in [0.3, 0.4) is 0 Å². The Balaban J connectivity index is 2.50. The van der Waals surface area contributed by atoms with Gasteiger partial charge in [0.2, 0.25) is 0 Å². The van der Waals surface area contributed by atoms with Gasteiger partial charge in [-0.25, -0.2) is 4.79 Å². The van der Waals surface area contributed by atoms with Crippen molar-refractivity contribution in [3.63, 3.8) is 0 Å². The van der Waals surface area contributed by atoms with Crippen LogP contribution in [0.2, 0.25) is 0 Å². The van der Waals surface area contributed by atoms with Gasteiger partial charge in [0.25, 0.3) is 0 Å². The molecule has 0 aromatic heterocycles. The predicted octanol–water partition coefficient (Wildman–Crippen LogP) is 1.14. The first-order valence-electron chi connectivity index (χ1n) is 5.91. The fourth-order valence-corrected chi connectivity index (χ4v) is 1.92. The molecule has 16 heavy (non-hydrogen) atoms. The van der Waals surface area contributed by atoms with E-state index < -0.39 is 0 Å². The number of amidine groups is 1. The van der Waals surface area contributed by atoms with Crippen LogP contribution in [-0.2, 0) is 0 Å². The number of rotatable bonds is 3. The van der Waals surface area contributed by atoms with Crippen LogP contribution < -0.4 is 11.1 Å². The van der Waals surface area contributed by atoms with Crippen LogP contribution in [-0.4, -0.2) is 35.9 Å². The van der Waals surface area contributed by atoms with Gasteiger partial charge in [0.15, 0.2) is 0 Å². The number of nitrogens with two attached hydrogens (primary N) is 1. The summed E-state index contributed by atoms with van der Waals surface area (Å²) in [6, 6.07) is -0.442. The number of urea groups is 1. The molecule has 2 amide bonds. The summed E-state index contributed by atoms with van der Waals surface area (Å²) in [6.07, 6.45) is 3.34. The van der Waals surface area contributed by atoms with Crippen LogP contribution in [0.1, 0.15) is 33.1 Å². The number of hydrogen-bond donors (Lipinski definition) is 3. The minimum absolute atomic E-state index is 0.0281. The van der Waals surface area contributed by atoms with Crippen molar-refractivity contribution in [3.8, 4) is 0 Å². The molecule has 0 aromatic carbocycles. The molecule has 0 bridgehead atoms. The molecule has 1 unspecified atom stereocenters. The lowest BCUT2D eigenvalue weighted by Gasteiger charge is -2.30. The molecule has 1 aliphatic heterocycles. The van der Waals surface area contributed by atoms with Crippen molar-refractivity contribution in [2.45, 2.75) is 39.2 Å². The predicted molar refractivity (Wildman–Crippen MR) is 64.5 cm³/mol. The van der Waals surface area contributed by atoms with Crippen molar-refractivity contribution in [1.29, 1.82) is 5.41 Å². The minimum atomic E-state index is -0.352.